The number of hydrogen-bond acceptors (Lipinski definition) is 3. The average Bonchev–Trinajstić information content (AvgIpc) is 2.63. The molecule has 0 bridgehead atoms. The summed E-state index contributed by atoms with van der Waals surface area (Å²) in [7, 11) is 1.47. The van der Waals surface area contributed by atoms with Gasteiger partial charge in [0.2, 0.25) is 0 Å². The largest absolute Gasteiger partial charge is 0.332 e. The standard InChI is InChI=1S/C12H13ClN2O2S/c1-9-3-10(2)5-11(4-9)6-15-7-12(14-8-15)18(13,16)17/h3-5,7-8H,6H2,1-2H3. The summed E-state index contributed by atoms with van der Waals surface area (Å²) in [5.74, 6) is 0. The van der Waals surface area contributed by atoms with Crippen molar-refractivity contribution in [3.63, 3.8) is 0 Å². The monoisotopic (exact) mass is 284 g/mol. The van der Waals surface area contributed by atoms with Crippen LogP contribution in [0.2, 0.25) is 0 Å². The van der Waals surface area contributed by atoms with E-state index in [1.807, 2.05) is 13.8 Å². The minimum absolute atomic E-state index is 0.117. The van der Waals surface area contributed by atoms with E-state index in [2.05, 4.69) is 23.2 Å². The molecule has 0 fully saturated rings. The number of nitrogens with zero attached hydrogens (tertiary/aromatic N) is 2. The fraction of sp³-hybridized carbons (Fsp3) is 0.250. The van der Waals surface area contributed by atoms with Crippen molar-refractivity contribution in [3.8, 4) is 0 Å². The van der Waals surface area contributed by atoms with Crippen molar-refractivity contribution >= 4 is 19.7 Å². The molecule has 1 aromatic carbocycles. The summed E-state index contributed by atoms with van der Waals surface area (Å²) < 4.78 is 23.9. The van der Waals surface area contributed by atoms with E-state index in [0.29, 0.717) is 6.54 Å². The molecule has 96 valence electrons. The van der Waals surface area contributed by atoms with E-state index < -0.39 is 9.05 Å². The van der Waals surface area contributed by atoms with E-state index in [1.54, 1.807) is 4.57 Å². The number of halogens is 1. The molecule has 0 aliphatic heterocycles. The van der Waals surface area contributed by atoms with Crippen molar-refractivity contribution < 1.29 is 8.42 Å². The molecule has 0 aliphatic rings. The van der Waals surface area contributed by atoms with Gasteiger partial charge in [-0.1, -0.05) is 29.3 Å². The lowest BCUT2D eigenvalue weighted by Crippen LogP contribution is -1.98. The highest BCUT2D eigenvalue weighted by Crippen LogP contribution is 2.14. The van der Waals surface area contributed by atoms with Gasteiger partial charge >= 0.3 is 0 Å². The molecule has 0 unspecified atom stereocenters. The third-order valence-corrected chi connectivity index (χ3v) is 3.69. The molecule has 1 aromatic heterocycles. The van der Waals surface area contributed by atoms with Crippen molar-refractivity contribution in [2.24, 2.45) is 0 Å². The molecule has 0 amide bonds. The third-order valence-electron chi connectivity index (χ3n) is 2.51. The first-order valence-corrected chi connectivity index (χ1v) is 7.69. The van der Waals surface area contributed by atoms with E-state index >= 15 is 0 Å². The minimum atomic E-state index is -3.75. The van der Waals surface area contributed by atoms with Crippen molar-refractivity contribution in [1.82, 2.24) is 9.55 Å². The number of aryl methyl sites for hydroxylation is 2. The summed E-state index contributed by atoms with van der Waals surface area (Å²) in [5.41, 5.74) is 3.45. The van der Waals surface area contributed by atoms with Crippen LogP contribution < -0.4 is 0 Å². The van der Waals surface area contributed by atoms with E-state index in [4.69, 9.17) is 10.7 Å². The van der Waals surface area contributed by atoms with E-state index in [9.17, 15) is 8.42 Å². The van der Waals surface area contributed by atoms with Gasteiger partial charge in [-0.15, -0.1) is 0 Å². The Labute approximate surface area is 111 Å². The summed E-state index contributed by atoms with van der Waals surface area (Å²) >= 11 is 0. The molecule has 0 N–H and O–H groups in total. The summed E-state index contributed by atoms with van der Waals surface area (Å²) in [6, 6.07) is 6.20. The molecule has 18 heavy (non-hydrogen) atoms. The predicted molar refractivity (Wildman–Crippen MR) is 70.3 cm³/mol. The van der Waals surface area contributed by atoms with E-state index in [1.165, 1.54) is 23.7 Å². The Hall–Kier alpha value is -1.33. The van der Waals surface area contributed by atoms with Crippen molar-refractivity contribution in [2.45, 2.75) is 25.4 Å². The zero-order valence-electron chi connectivity index (χ0n) is 10.1. The molecule has 1 heterocycles. The number of imidazole rings is 1. The van der Waals surface area contributed by atoms with Gasteiger partial charge < -0.3 is 4.57 Å². The summed E-state index contributed by atoms with van der Waals surface area (Å²) in [4.78, 5) is 3.77. The highest BCUT2D eigenvalue weighted by atomic mass is 35.7. The predicted octanol–water partition coefficient (Wildman–Crippen LogP) is 2.48. The molecule has 2 aromatic rings. The zero-order valence-corrected chi connectivity index (χ0v) is 11.7. The number of aromatic nitrogens is 2. The first-order valence-electron chi connectivity index (χ1n) is 5.38. The van der Waals surface area contributed by atoms with Gasteiger partial charge in [0.15, 0.2) is 5.03 Å². The molecule has 0 spiro atoms. The molecule has 0 saturated carbocycles. The Morgan fingerprint density at radius 3 is 2.33 bits per heavy atom. The van der Waals surface area contributed by atoms with E-state index in [-0.39, 0.29) is 5.03 Å². The second-order valence-electron chi connectivity index (χ2n) is 4.32. The van der Waals surface area contributed by atoms with Gasteiger partial charge in [-0.2, -0.15) is 0 Å². The van der Waals surface area contributed by atoms with Gasteiger partial charge in [-0.3, -0.25) is 0 Å². The molecule has 4 nitrogen and oxygen atoms in total. The molecule has 0 saturated heterocycles. The van der Waals surface area contributed by atoms with Gasteiger partial charge in [0.1, 0.15) is 0 Å². The number of hydrogen-bond donors (Lipinski definition) is 0. The fourth-order valence-electron chi connectivity index (χ4n) is 1.92. The van der Waals surface area contributed by atoms with E-state index in [0.717, 1.165) is 5.56 Å². The molecule has 0 atom stereocenters. The van der Waals surface area contributed by atoms with Crippen LogP contribution in [0.4, 0.5) is 0 Å². The second-order valence-corrected chi connectivity index (χ2v) is 6.83. The van der Waals surface area contributed by atoms with Crippen LogP contribution in [0.25, 0.3) is 0 Å². The van der Waals surface area contributed by atoms with Gasteiger partial charge in [0.05, 0.1) is 6.33 Å². The first-order chi connectivity index (χ1) is 8.34. The zero-order chi connectivity index (χ0) is 13.3. The number of rotatable bonds is 3. The topological polar surface area (TPSA) is 52.0 Å². The Kier molecular flexibility index (Phi) is 3.45. The van der Waals surface area contributed by atoms with Gasteiger partial charge in [0.25, 0.3) is 9.05 Å². The van der Waals surface area contributed by atoms with Crippen LogP contribution >= 0.6 is 10.7 Å². The molecule has 0 radical (unpaired) electrons. The third kappa shape index (κ3) is 3.11. The molecule has 6 heteroatoms. The van der Waals surface area contributed by atoms with Crippen LogP contribution in [-0.2, 0) is 15.6 Å². The van der Waals surface area contributed by atoms with Crippen LogP contribution in [0.1, 0.15) is 16.7 Å². The van der Waals surface area contributed by atoms with Crippen molar-refractivity contribution in [3.05, 3.63) is 47.4 Å². The summed E-state index contributed by atoms with van der Waals surface area (Å²) in [5, 5.41) is -0.117. The van der Waals surface area contributed by atoms with Gasteiger partial charge in [-0.05, 0) is 19.4 Å². The smallest absolute Gasteiger partial charge is 0.280 e. The average molecular weight is 285 g/mol. The highest BCUT2D eigenvalue weighted by molar-refractivity contribution is 8.13. The Balaban J connectivity index is 2.27. The van der Waals surface area contributed by atoms with Crippen LogP contribution in [-0.4, -0.2) is 18.0 Å². The Morgan fingerprint density at radius 1 is 1.22 bits per heavy atom. The highest BCUT2D eigenvalue weighted by Gasteiger charge is 2.13. The fourth-order valence-corrected chi connectivity index (χ4v) is 2.60. The second kappa shape index (κ2) is 4.74. The van der Waals surface area contributed by atoms with Crippen LogP contribution in [0.15, 0.2) is 35.7 Å². The van der Waals surface area contributed by atoms with Gasteiger partial charge in [-0.25, -0.2) is 13.4 Å². The maximum absolute atomic E-state index is 11.1. The number of benzene rings is 1. The van der Waals surface area contributed by atoms with Crippen molar-refractivity contribution in [2.75, 3.05) is 0 Å². The Bertz CT molecular complexity index is 657. The van der Waals surface area contributed by atoms with Crippen LogP contribution in [0.3, 0.4) is 0 Å². The van der Waals surface area contributed by atoms with Crippen LogP contribution in [0.5, 0.6) is 0 Å². The quantitative estimate of drug-likeness (QED) is 0.814. The summed E-state index contributed by atoms with van der Waals surface area (Å²) in [6.07, 6.45) is 2.90. The molecule has 2 rings (SSSR count). The minimum Gasteiger partial charge on any atom is -0.332 e. The van der Waals surface area contributed by atoms with Crippen LogP contribution in [0, 0.1) is 13.8 Å². The normalized spacial score (nSPS) is 11.7. The maximum Gasteiger partial charge on any atom is 0.280 e. The first kappa shape index (κ1) is 13.1. The lowest BCUT2D eigenvalue weighted by molar-refractivity contribution is 0.606. The lowest BCUT2D eigenvalue weighted by Gasteiger charge is -2.05. The molecule has 0 aliphatic carbocycles. The summed E-state index contributed by atoms with van der Waals surface area (Å²) in [6.45, 7) is 4.63. The lowest BCUT2D eigenvalue weighted by atomic mass is 10.1. The molecular formula is C12H13ClN2O2S. The Morgan fingerprint density at radius 2 is 1.83 bits per heavy atom. The SMILES string of the molecule is Cc1cc(C)cc(Cn2cnc(S(=O)(=O)Cl)c2)c1. The maximum atomic E-state index is 11.1. The molecular weight excluding hydrogens is 272 g/mol. The van der Waals surface area contributed by atoms with Gasteiger partial charge in [0, 0.05) is 23.4 Å². The van der Waals surface area contributed by atoms with Crippen molar-refractivity contribution in [1.29, 1.82) is 0 Å².